The molecule has 2 bridgehead atoms. The van der Waals surface area contributed by atoms with Gasteiger partial charge in [0.05, 0.1) is 20.3 Å². The highest BCUT2D eigenvalue weighted by atomic mass is 28.4. The predicted molar refractivity (Wildman–Crippen MR) is 169 cm³/mol. The van der Waals surface area contributed by atoms with Crippen molar-refractivity contribution in [2.24, 2.45) is 0 Å². The van der Waals surface area contributed by atoms with Crippen LogP contribution in [0, 0.1) is 0 Å². The van der Waals surface area contributed by atoms with E-state index < -0.39 is 33.0 Å². The summed E-state index contributed by atoms with van der Waals surface area (Å²) in [5.41, 5.74) is -0.365. The Morgan fingerprint density at radius 1 is 0.694 bits per heavy atom. The van der Waals surface area contributed by atoms with Crippen LogP contribution in [0.5, 0.6) is 0 Å². The summed E-state index contributed by atoms with van der Waals surface area (Å²) in [6.45, 7) is 23.1. The number of hydrogen-bond donors (Lipinski definition) is 0. The Labute approximate surface area is 230 Å². The maximum atomic E-state index is 7.42. The minimum atomic E-state index is -1.90. The molecule has 0 radical (unpaired) electrons. The lowest BCUT2D eigenvalue weighted by molar-refractivity contribution is -0.111. The van der Waals surface area contributed by atoms with Crippen molar-refractivity contribution in [1.82, 2.24) is 4.90 Å². The van der Waals surface area contributed by atoms with Gasteiger partial charge in [-0.25, -0.2) is 0 Å². The lowest BCUT2D eigenvalue weighted by Gasteiger charge is -2.50. The summed E-state index contributed by atoms with van der Waals surface area (Å²) in [6, 6.07) is 9.90. The van der Waals surface area contributed by atoms with Crippen molar-refractivity contribution in [3.8, 4) is 0 Å². The van der Waals surface area contributed by atoms with Crippen molar-refractivity contribution in [3.63, 3.8) is 0 Å². The van der Waals surface area contributed by atoms with E-state index in [1.807, 2.05) is 0 Å². The average molecular weight is 574 g/mol. The Morgan fingerprint density at radius 2 is 1.11 bits per heavy atom. The number of rotatable bonds is 6. The van der Waals surface area contributed by atoms with Crippen molar-refractivity contribution in [2.75, 3.05) is 20.6 Å². The third-order valence-electron chi connectivity index (χ3n) is 9.21. The van der Waals surface area contributed by atoms with Gasteiger partial charge < -0.3 is 18.2 Å². The fourth-order valence-electron chi connectivity index (χ4n) is 7.27. The van der Waals surface area contributed by atoms with Gasteiger partial charge in [-0.1, -0.05) is 57.3 Å². The van der Waals surface area contributed by atoms with Gasteiger partial charge >= 0.3 is 0 Å². The van der Waals surface area contributed by atoms with Crippen molar-refractivity contribution >= 4 is 33.0 Å². The maximum absolute atomic E-state index is 7.42. The van der Waals surface area contributed by atoms with Gasteiger partial charge in [0.1, 0.15) is 5.60 Å². The molecule has 0 N–H and O–H groups in total. The average Bonchev–Trinajstić information content (AvgIpc) is 2.74. The summed E-state index contributed by atoms with van der Waals surface area (Å²) in [7, 11) is -2.42. The van der Waals surface area contributed by atoms with Gasteiger partial charge in [0.25, 0.3) is 0 Å². The fraction of sp³-hybridized carbons (Fsp3) is 1.00. The zero-order valence-electron chi connectivity index (χ0n) is 26.2. The SMILES string of the molecule is CCC1O[Si](C)(C)CCC[Si]2(CCCN(C)C)CCC[Si](C)(C)OC(CC)C1(C)O[Si](C)(C)CCC2. The molecule has 2 fully saturated rings. The normalized spacial score (nSPS) is 36.0. The Balaban J connectivity index is 2.58. The zero-order valence-corrected chi connectivity index (χ0v) is 30.2. The Bertz CT molecular complexity index is 639. The molecular formula is C28H63NO3Si4. The van der Waals surface area contributed by atoms with Crippen LogP contribution in [0.4, 0.5) is 0 Å². The van der Waals surface area contributed by atoms with E-state index in [1.54, 1.807) is 0 Å². The van der Waals surface area contributed by atoms with Crippen LogP contribution >= 0.6 is 0 Å². The van der Waals surface area contributed by atoms with Crippen LogP contribution in [0.15, 0.2) is 0 Å². The van der Waals surface area contributed by atoms with Crippen LogP contribution in [-0.2, 0) is 13.3 Å². The Kier molecular flexibility index (Phi) is 12.2. The van der Waals surface area contributed by atoms with E-state index in [2.05, 4.69) is 79.0 Å². The Morgan fingerprint density at radius 3 is 1.50 bits per heavy atom. The highest BCUT2D eigenvalue weighted by Gasteiger charge is 2.50. The quantitative estimate of drug-likeness (QED) is 0.298. The largest absolute Gasteiger partial charge is 0.411 e. The van der Waals surface area contributed by atoms with E-state index >= 15 is 0 Å². The molecule has 2 saturated heterocycles. The van der Waals surface area contributed by atoms with Gasteiger partial charge in [0.15, 0.2) is 25.0 Å². The molecule has 2 aliphatic rings. The summed E-state index contributed by atoms with van der Waals surface area (Å²) < 4.78 is 21.9. The van der Waals surface area contributed by atoms with Gasteiger partial charge in [-0.05, 0) is 104 Å². The van der Waals surface area contributed by atoms with Crippen molar-refractivity contribution in [2.45, 2.75) is 159 Å². The second kappa shape index (κ2) is 13.4. The molecule has 0 aromatic rings. The first-order valence-electron chi connectivity index (χ1n) is 15.3. The first-order valence-corrected chi connectivity index (χ1v) is 27.5. The van der Waals surface area contributed by atoms with Crippen molar-refractivity contribution < 1.29 is 13.3 Å². The van der Waals surface area contributed by atoms with Crippen molar-refractivity contribution in [1.29, 1.82) is 0 Å². The summed E-state index contributed by atoms with van der Waals surface area (Å²) in [5.74, 6) is 0. The third kappa shape index (κ3) is 9.72. The van der Waals surface area contributed by atoms with Crippen LogP contribution in [0.1, 0.15) is 59.3 Å². The summed E-state index contributed by atoms with van der Waals surface area (Å²) >= 11 is 0. The molecule has 2 aliphatic heterocycles. The van der Waals surface area contributed by atoms with E-state index in [0.717, 1.165) is 12.8 Å². The molecule has 0 aromatic carbocycles. The van der Waals surface area contributed by atoms with Crippen LogP contribution < -0.4 is 0 Å². The van der Waals surface area contributed by atoms with Gasteiger partial charge in [0.2, 0.25) is 0 Å². The molecule has 0 aliphatic carbocycles. The van der Waals surface area contributed by atoms with Crippen LogP contribution in [0.3, 0.4) is 0 Å². The lowest BCUT2D eigenvalue weighted by Crippen LogP contribution is -2.61. The van der Waals surface area contributed by atoms with Crippen LogP contribution in [0.2, 0.25) is 81.6 Å². The number of nitrogens with zero attached hydrogens (tertiary/aromatic N) is 1. The lowest BCUT2D eigenvalue weighted by atomic mass is 9.89. The second-order valence-electron chi connectivity index (χ2n) is 14.6. The molecule has 2 atom stereocenters. The molecule has 0 saturated carbocycles. The summed E-state index contributed by atoms with van der Waals surface area (Å²) in [6.07, 6.45) is 7.76. The van der Waals surface area contributed by atoms with Crippen LogP contribution in [0.25, 0.3) is 0 Å². The molecule has 2 rings (SSSR count). The predicted octanol–water partition coefficient (Wildman–Crippen LogP) is 8.57. The van der Waals surface area contributed by atoms with Gasteiger partial charge in [0, 0.05) is 0 Å². The number of hydrogen-bond acceptors (Lipinski definition) is 4. The highest BCUT2D eigenvalue weighted by Crippen LogP contribution is 2.42. The fourth-order valence-corrected chi connectivity index (χ4v) is 20.7. The summed E-state index contributed by atoms with van der Waals surface area (Å²) in [5, 5.41) is 0. The molecular weight excluding hydrogens is 511 g/mol. The topological polar surface area (TPSA) is 30.9 Å². The molecule has 2 heterocycles. The van der Waals surface area contributed by atoms with E-state index in [-0.39, 0.29) is 17.8 Å². The molecule has 0 amide bonds. The molecule has 36 heavy (non-hydrogen) atoms. The third-order valence-corrected chi connectivity index (χ3v) is 22.4. The smallest absolute Gasteiger partial charge is 0.187 e. The maximum Gasteiger partial charge on any atom is 0.187 e. The molecule has 4 nitrogen and oxygen atoms in total. The van der Waals surface area contributed by atoms with E-state index in [4.69, 9.17) is 13.3 Å². The second-order valence-corrected chi connectivity index (χ2v) is 32.3. The Hall–Kier alpha value is 0.708. The van der Waals surface area contributed by atoms with E-state index in [9.17, 15) is 0 Å². The first-order chi connectivity index (χ1) is 16.6. The standard InChI is InChI=1S/C28H63NO3Si4/c1-12-26-28(3)27(13-2)31-34(8,9)20-16-24-36(22-14-18-29(4)5,23-15-19-33(6,7)30-26)25-17-21-35(10,11)32-28/h26-27H,12-25H2,1-11H3. The van der Waals surface area contributed by atoms with Gasteiger partial charge in [-0.3, -0.25) is 0 Å². The summed E-state index contributed by atoms with van der Waals surface area (Å²) in [4.78, 5) is 2.39. The van der Waals surface area contributed by atoms with Crippen LogP contribution in [-0.4, -0.2) is 76.4 Å². The first kappa shape index (κ1) is 32.9. The molecule has 0 spiro atoms. The number of fused-ring (bicyclic) bond motifs is 6. The van der Waals surface area contributed by atoms with Gasteiger partial charge in [-0.2, -0.15) is 0 Å². The molecule has 0 aromatic heterocycles. The molecule has 8 heteroatoms. The molecule has 2 unspecified atom stereocenters. The minimum Gasteiger partial charge on any atom is -0.411 e. The van der Waals surface area contributed by atoms with Crippen molar-refractivity contribution in [3.05, 3.63) is 0 Å². The van der Waals surface area contributed by atoms with E-state index in [0.29, 0.717) is 0 Å². The monoisotopic (exact) mass is 573 g/mol. The van der Waals surface area contributed by atoms with Gasteiger partial charge in [-0.15, -0.1) is 0 Å². The highest BCUT2D eigenvalue weighted by molar-refractivity contribution is 6.80. The zero-order chi connectivity index (χ0) is 27.3. The molecule has 214 valence electrons. The van der Waals surface area contributed by atoms with E-state index in [1.165, 1.54) is 74.5 Å². The minimum absolute atomic E-state index is 0.117.